The Labute approximate surface area is 229 Å². The van der Waals surface area contributed by atoms with Crippen molar-refractivity contribution in [3.8, 4) is 0 Å². The second kappa shape index (κ2) is 10.4. The number of sulfonamides is 1. The number of anilines is 1. The highest BCUT2D eigenvalue weighted by Crippen LogP contribution is 2.41. The number of nitrogens with zero attached hydrogens (tertiary/aromatic N) is 3. The van der Waals surface area contributed by atoms with Gasteiger partial charge < -0.3 is 4.74 Å². The van der Waals surface area contributed by atoms with Gasteiger partial charge in [-0.25, -0.2) is 19.0 Å². The quantitative estimate of drug-likeness (QED) is 0.323. The fourth-order valence-electron chi connectivity index (χ4n) is 4.30. The largest absolute Gasteiger partial charge is 0.443 e. The Morgan fingerprint density at radius 2 is 1.79 bits per heavy atom. The van der Waals surface area contributed by atoms with Crippen molar-refractivity contribution >= 4 is 28.0 Å². The van der Waals surface area contributed by atoms with Crippen molar-refractivity contribution in [3.63, 3.8) is 0 Å². The smallest absolute Gasteiger partial charge is 0.414 e. The van der Waals surface area contributed by atoms with Crippen LogP contribution in [0.4, 0.5) is 14.9 Å². The zero-order valence-corrected chi connectivity index (χ0v) is 23.8. The predicted molar refractivity (Wildman–Crippen MR) is 149 cm³/mol. The number of rotatable bonds is 6. The number of carbonyl (C=O) groups is 1. The van der Waals surface area contributed by atoms with Gasteiger partial charge in [0.15, 0.2) is 0 Å². The summed E-state index contributed by atoms with van der Waals surface area (Å²) >= 11 is 0. The van der Waals surface area contributed by atoms with Gasteiger partial charge in [-0.2, -0.15) is 13.5 Å². The van der Waals surface area contributed by atoms with Crippen molar-refractivity contribution in [2.45, 2.75) is 63.9 Å². The Balaban J connectivity index is 1.73. The first-order valence-electron chi connectivity index (χ1n) is 12.6. The molecule has 0 unspecified atom stereocenters. The molecule has 1 N–H and O–H groups in total. The minimum Gasteiger partial charge on any atom is -0.443 e. The molecule has 2 heterocycles. The fraction of sp³-hybridized carbons (Fsp3) is 0.345. The average molecular weight is 553 g/mol. The summed E-state index contributed by atoms with van der Waals surface area (Å²) in [5, 5.41) is 4.01. The van der Waals surface area contributed by atoms with Crippen molar-refractivity contribution in [3.05, 3.63) is 88.5 Å². The van der Waals surface area contributed by atoms with Crippen LogP contribution >= 0.6 is 0 Å². The van der Waals surface area contributed by atoms with Crippen LogP contribution in [0.15, 0.2) is 64.6 Å². The molecular weight excluding hydrogens is 519 g/mol. The summed E-state index contributed by atoms with van der Waals surface area (Å²) in [5.74, 6) is -0.351. The predicted octanol–water partition coefficient (Wildman–Crippen LogP) is 5.47. The van der Waals surface area contributed by atoms with Gasteiger partial charge in [-0.3, -0.25) is 4.90 Å². The van der Waals surface area contributed by atoms with E-state index in [0.717, 1.165) is 11.1 Å². The van der Waals surface area contributed by atoms with Crippen LogP contribution in [0.5, 0.6) is 0 Å². The first-order valence-corrected chi connectivity index (χ1v) is 14.0. The SMILES string of the molecule is Cc1ccc(S(=O)(=O)N/N=C/c2nc3c(cc2Cc2ccc(F)cc2)N(C(=O)OC(C)(C)C)CC3(C)C)cc1. The maximum Gasteiger partial charge on any atom is 0.414 e. The summed E-state index contributed by atoms with van der Waals surface area (Å²) in [6.07, 6.45) is 1.24. The third-order valence-corrected chi connectivity index (χ3v) is 7.45. The maximum absolute atomic E-state index is 13.5. The maximum atomic E-state index is 13.5. The van der Waals surface area contributed by atoms with Crippen LogP contribution in [0, 0.1) is 12.7 Å². The highest BCUT2D eigenvalue weighted by atomic mass is 32.2. The molecule has 1 amide bonds. The van der Waals surface area contributed by atoms with E-state index >= 15 is 0 Å². The Morgan fingerprint density at radius 1 is 1.15 bits per heavy atom. The Kier molecular flexibility index (Phi) is 7.53. The van der Waals surface area contributed by atoms with E-state index in [1.165, 1.54) is 30.5 Å². The minimum absolute atomic E-state index is 0.0906. The molecule has 10 heteroatoms. The van der Waals surface area contributed by atoms with E-state index in [1.54, 1.807) is 29.2 Å². The zero-order chi connectivity index (χ0) is 28.6. The first-order chi connectivity index (χ1) is 18.1. The molecule has 4 rings (SSSR count). The number of nitrogens with one attached hydrogen (secondary N) is 1. The summed E-state index contributed by atoms with van der Waals surface area (Å²) in [5.41, 5.74) is 2.99. The number of pyridine rings is 1. The molecule has 8 nitrogen and oxygen atoms in total. The molecule has 0 radical (unpaired) electrons. The van der Waals surface area contributed by atoms with E-state index in [-0.39, 0.29) is 10.7 Å². The number of aryl methyl sites for hydroxylation is 1. The number of fused-ring (bicyclic) bond motifs is 1. The molecule has 1 aromatic heterocycles. The van der Waals surface area contributed by atoms with E-state index in [2.05, 4.69) is 9.93 Å². The van der Waals surface area contributed by atoms with E-state index < -0.39 is 27.1 Å². The van der Waals surface area contributed by atoms with Crippen molar-refractivity contribution in [1.29, 1.82) is 0 Å². The number of halogens is 1. The van der Waals surface area contributed by atoms with Gasteiger partial charge in [-0.1, -0.05) is 43.7 Å². The van der Waals surface area contributed by atoms with Crippen molar-refractivity contribution < 1.29 is 22.3 Å². The number of aromatic nitrogens is 1. The van der Waals surface area contributed by atoms with Crippen LogP contribution in [0.25, 0.3) is 0 Å². The van der Waals surface area contributed by atoms with Crippen LogP contribution in [0.2, 0.25) is 0 Å². The Morgan fingerprint density at radius 3 is 2.41 bits per heavy atom. The van der Waals surface area contributed by atoms with Crippen LogP contribution in [0.3, 0.4) is 0 Å². The summed E-state index contributed by atoms with van der Waals surface area (Å²) < 4.78 is 44.6. The number of hydrogen-bond donors (Lipinski definition) is 1. The molecule has 0 aliphatic carbocycles. The topological polar surface area (TPSA) is 101 Å². The van der Waals surface area contributed by atoms with E-state index in [1.807, 2.05) is 47.6 Å². The number of amides is 1. The number of carbonyl (C=O) groups excluding carboxylic acids is 1. The third-order valence-electron chi connectivity index (χ3n) is 6.21. The van der Waals surface area contributed by atoms with Gasteiger partial charge in [0.2, 0.25) is 0 Å². The monoisotopic (exact) mass is 552 g/mol. The third kappa shape index (κ3) is 6.62. The van der Waals surface area contributed by atoms with E-state index in [0.29, 0.717) is 35.6 Å². The summed E-state index contributed by atoms with van der Waals surface area (Å²) in [4.78, 5) is 21.8. The lowest BCUT2D eigenvalue weighted by Gasteiger charge is -2.25. The number of benzene rings is 2. The summed E-state index contributed by atoms with van der Waals surface area (Å²) in [7, 11) is -3.88. The van der Waals surface area contributed by atoms with Crippen molar-refractivity contribution in [2.75, 3.05) is 11.4 Å². The Hall–Kier alpha value is -3.79. The first kappa shape index (κ1) is 28.2. The van der Waals surface area contributed by atoms with Gasteiger partial charge in [-0.05, 0) is 75.6 Å². The molecule has 1 aliphatic heterocycles. The van der Waals surface area contributed by atoms with Gasteiger partial charge in [-0.15, -0.1) is 0 Å². The standard InChI is InChI=1S/C29H33FN4O4S/c1-19-7-13-23(14-8-19)39(36,37)33-31-17-24-21(15-20-9-11-22(30)12-10-20)16-25-26(32-24)29(5,6)18-34(25)27(35)38-28(2,3)4/h7-14,16-17,33H,15,18H2,1-6H3/b31-17+. The lowest BCUT2D eigenvalue weighted by atomic mass is 9.90. The molecule has 0 bridgehead atoms. The molecule has 2 aromatic carbocycles. The van der Waals surface area contributed by atoms with Crippen molar-refractivity contribution in [2.24, 2.45) is 5.10 Å². The van der Waals surface area contributed by atoms with Gasteiger partial charge in [0.25, 0.3) is 10.0 Å². The van der Waals surface area contributed by atoms with Crippen LogP contribution in [0.1, 0.15) is 62.7 Å². The van der Waals surface area contributed by atoms with Gasteiger partial charge in [0.05, 0.1) is 28.2 Å². The molecule has 0 fully saturated rings. The van der Waals surface area contributed by atoms with Gasteiger partial charge >= 0.3 is 6.09 Å². The molecule has 0 spiro atoms. The summed E-state index contributed by atoms with van der Waals surface area (Å²) in [6.45, 7) is 11.6. The lowest BCUT2D eigenvalue weighted by molar-refractivity contribution is 0.0579. The molecule has 206 valence electrons. The molecule has 0 saturated carbocycles. The second-order valence-corrected chi connectivity index (χ2v) is 13.0. The fourth-order valence-corrected chi connectivity index (χ4v) is 5.09. The molecule has 0 saturated heterocycles. The molecule has 1 aliphatic rings. The normalized spacial score (nSPS) is 14.9. The number of ether oxygens (including phenoxy) is 1. The van der Waals surface area contributed by atoms with Gasteiger partial charge in [0, 0.05) is 12.0 Å². The van der Waals surface area contributed by atoms with Crippen LogP contribution in [-0.2, 0) is 26.6 Å². The average Bonchev–Trinajstić information content (AvgIpc) is 3.10. The lowest BCUT2D eigenvalue weighted by Crippen LogP contribution is -2.38. The number of hydrogen-bond acceptors (Lipinski definition) is 6. The molecule has 0 atom stereocenters. The van der Waals surface area contributed by atoms with Crippen molar-refractivity contribution in [1.82, 2.24) is 9.82 Å². The zero-order valence-electron chi connectivity index (χ0n) is 22.9. The van der Waals surface area contributed by atoms with Gasteiger partial charge in [0.1, 0.15) is 11.4 Å². The number of hydrazone groups is 1. The highest BCUT2D eigenvalue weighted by Gasteiger charge is 2.41. The van der Waals surface area contributed by atoms with Crippen LogP contribution < -0.4 is 9.73 Å². The van der Waals surface area contributed by atoms with E-state index in [4.69, 9.17) is 9.72 Å². The molecule has 39 heavy (non-hydrogen) atoms. The molecule has 3 aromatic rings. The van der Waals surface area contributed by atoms with E-state index in [9.17, 15) is 17.6 Å². The second-order valence-electron chi connectivity index (χ2n) is 11.3. The Bertz CT molecular complexity index is 1510. The summed E-state index contributed by atoms with van der Waals surface area (Å²) in [6, 6.07) is 14.4. The molecular formula is C29H33FN4O4S. The minimum atomic E-state index is -3.88. The highest BCUT2D eigenvalue weighted by molar-refractivity contribution is 7.89. The van der Waals surface area contributed by atoms with Crippen LogP contribution in [-0.4, -0.2) is 37.9 Å².